The average molecular weight is 376 g/mol. The van der Waals surface area contributed by atoms with Gasteiger partial charge in [0, 0.05) is 21.6 Å². The molecule has 2 aromatic heterocycles. The van der Waals surface area contributed by atoms with Crippen LogP contribution in [0.5, 0.6) is 0 Å². The molecule has 0 spiro atoms. The summed E-state index contributed by atoms with van der Waals surface area (Å²) < 4.78 is 6.89. The Hall–Kier alpha value is -0.790. The number of nitrogens with zero attached hydrogens (tertiary/aromatic N) is 3. The van der Waals surface area contributed by atoms with Gasteiger partial charge in [-0.15, -0.1) is 0 Å². The van der Waals surface area contributed by atoms with Crippen LogP contribution in [0.1, 0.15) is 12.8 Å². The van der Waals surface area contributed by atoms with E-state index in [1.807, 2.05) is 13.0 Å². The maximum Gasteiger partial charge on any atom is 0.227 e. The van der Waals surface area contributed by atoms with Crippen molar-refractivity contribution in [2.45, 2.75) is 13.3 Å². The summed E-state index contributed by atoms with van der Waals surface area (Å²) in [6.07, 6.45) is 2.37. The van der Waals surface area contributed by atoms with Gasteiger partial charge in [-0.2, -0.15) is 4.98 Å². The van der Waals surface area contributed by atoms with Crippen LogP contribution in [0.15, 0.2) is 25.7 Å². The SMILES string of the molecule is CC(CN)Cc1nc(-c2ncc(Br)cc2Br)no1. The van der Waals surface area contributed by atoms with Gasteiger partial charge in [0.2, 0.25) is 11.7 Å². The molecule has 0 aliphatic rings. The molecular weight excluding hydrogens is 364 g/mol. The van der Waals surface area contributed by atoms with Crippen LogP contribution in [0.2, 0.25) is 0 Å². The number of hydrogen-bond donors (Lipinski definition) is 1. The van der Waals surface area contributed by atoms with Crippen LogP contribution in [0, 0.1) is 5.92 Å². The molecule has 0 amide bonds. The molecule has 96 valence electrons. The Bertz CT molecular complexity index is 544. The van der Waals surface area contributed by atoms with Crippen molar-refractivity contribution in [3.8, 4) is 11.5 Å². The Labute approximate surface area is 121 Å². The number of nitrogens with two attached hydrogens (primary N) is 1. The van der Waals surface area contributed by atoms with E-state index in [0.29, 0.717) is 36.3 Å². The highest BCUT2D eigenvalue weighted by Gasteiger charge is 2.14. The van der Waals surface area contributed by atoms with Gasteiger partial charge < -0.3 is 10.3 Å². The molecule has 0 saturated carbocycles. The van der Waals surface area contributed by atoms with E-state index in [9.17, 15) is 0 Å². The molecule has 5 nitrogen and oxygen atoms in total. The highest BCUT2D eigenvalue weighted by atomic mass is 79.9. The van der Waals surface area contributed by atoms with Gasteiger partial charge in [-0.3, -0.25) is 4.98 Å². The molecule has 0 aromatic carbocycles. The second-order valence-electron chi connectivity index (χ2n) is 4.04. The molecule has 0 fully saturated rings. The summed E-state index contributed by atoms with van der Waals surface area (Å²) in [5, 5.41) is 3.93. The first-order chi connectivity index (χ1) is 8.60. The molecule has 1 atom stereocenters. The molecule has 18 heavy (non-hydrogen) atoms. The quantitative estimate of drug-likeness (QED) is 0.888. The zero-order chi connectivity index (χ0) is 13.1. The van der Waals surface area contributed by atoms with E-state index in [2.05, 4.69) is 47.0 Å². The minimum Gasteiger partial charge on any atom is -0.339 e. The van der Waals surface area contributed by atoms with Gasteiger partial charge in [0.25, 0.3) is 0 Å². The number of aromatic nitrogens is 3. The van der Waals surface area contributed by atoms with Gasteiger partial charge in [-0.25, -0.2) is 0 Å². The summed E-state index contributed by atoms with van der Waals surface area (Å²) >= 11 is 6.77. The van der Waals surface area contributed by atoms with Crippen molar-refractivity contribution in [1.29, 1.82) is 0 Å². The minimum absolute atomic E-state index is 0.319. The van der Waals surface area contributed by atoms with Crippen molar-refractivity contribution in [2.24, 2.45) is 11.7 Å². The monoisotopic (exact) mass is 374 g/mol. The van der Waals surface area contributed by atoms with E-state index < -0.39 is 0 Å². The summed E-state index contributed by atoms with van der Waals surface area (Å²) in [7, 11) is 0. The predicted molar refractivity (Wildman–Crippen MR) is 74.9 cm³/mol. The Morgan fingerprint density at radius 2 is 2.22 bits per heavy atom. The van der Waals surface area contributed by atoms with Crippen LogP contribution in [0.3, 0.4) is 0 Å². The van der Waals surface area contributed by atoms with Gasteiger partial charge >= 0.3 is 0 Å². The van der Waals surface area contributed by atoms with Crippen LogP contribution in [0.4, 0.5) is 0 Å². The first kappa shape index (κ1) is 13.6. The molecule has 2 N–H and O–H groups in total. The molecular formula is C11H12Br2N4O. The van der Waals surface area contributed by atoms with Gasteiger partial charge in [0.15, 0.2) is 0 Å². The topological polar surface area (TPSA) is 77.8 Å². The fraction of sp³-hybridized carbons (Fsp3) is 0.364. The highest BCUT2D eigenvalue weighted by molar-refractivity contribution is 9.11. The van der Waals surface area contributed by atoms with Crippen LogP contribution in [0.25, 0.3) is 11.5 Å². The molecule has 0 aliphatic carbocycles. The highest BCUT2D eigenvalue weighted by Crippen LogP contribution is 2.26. The lowest BCUT2D eigenvalue weighted by atomic mass is 10.1. The smallest absolute Gasteiger partial charge is 0.227 e. The first-order valence-corrected chi connectivity index (χ1v) is 7.02. The van der Waals surface area contributed by atoms with Gasteiger partial charge in [-0.05, 0) is 50.4 Å². The molecule has 0 aliphatic heterocycles. The van der Waals surface area contributed by atoms with E-state index >= 15 is 0 Å². The van der Waals surface area contributed by atoms with Crippen molar-refractivity contribution in [2.75, 3.05) is 6.54 Å². The fourth-order valence-corrected chi connectivity index (χ4v) is 2.56. The zero-order valence-electron chi connectivity index (χ0n) is 9.73. The standard InChI is InChI=1S/C11H12Br2N4O/c1-6(4-14)2-9-16-11(17-18-9)10-8(13)3-7(12)5-15-10/h3,5-6H,2,4,14H2,1H3. The first-order valence-electron chi connectivity index (χ1n) is 5.44. The molecule has 0 bridgehead atoms. The maximum absolute atomic E-state index is 5.56. The van der Waals surface area contributed by atoms with Crippen molar-refractivity contribution < 1.29 is 4.52 Å². The second kappa shape index (κ2) is 5.90. The zero-order valence-corrected chi connectivity index (χ0v) is 12.9. The van der Waals surface area contributed by atoms with Gasteiger partial charge in [0.05, 0.1) is 0 Å². The van der Waals surface area contributed by atoms with Crippen LogP contribution in [-0.2, 0) is 6.42 Å². The van der Waals surface area contributed by atoms with E-state index in [4.69, 9.17) is 10.3 Å². The van der Waals surface area contributed by atoms with Crippen molar-refractivity contribution in [3.63, 3.8) is 0 Å². The largest absolute Gasteiger partial charge is 0.339 e. The lowest BCUT2D eigenvalue weighted by Gasteiger charge is -2.02. The van der Waals surface area contributed by atoms with E-state index in [0.717, 1.165) is 8.95 Å². The van der Waals surface area contributed by atoms with Gasteiger partial charge in [-0.1, -0.05) is 12.1 Å². The summed E-state index contributed by atoms with van der Waals surface area (Å²) in [4.78, 5) is 8.58. The Morgan fingerprint density at radius 1 is 1.44 bits per heavy atom. The lowest BCUT2D eigenvalue weighted by molar-refractivity contribution is 0.359. The lowest BCUT2D eigenvalue weighted by Crippen LogP contribution is -2.13. The summed E-state index contributed by atoms with van der Waals surface area (Å²) in [5.74, 6) is 1.38. The summed E-state index contributed by atoms with van der Waals surface area (Å²) in [5.41, 5.74) is 6.22. The normalized spacial score (nSPS) is 12.7. The third-order valence-electron chi connectivity index (χ3n) is 2.41. The predicted octanol–water partition coefficient (Wildman–Crippen LogP) is 2.79. The summed E-state index contributed by atoms with van der Waals surface area (Å²) in [6.45, 7) is 2.63. The van der Waals surface area contributed by atoms with Crippen LogP contribution in [-0.4, -0.2) is 21.7 Å². The third-order valence-corrected chi connectivity index (χ3v) is 3.45. The van der Waals surface area contributed by atoms with Crippen molar-refractivity contribution in [3.05, 3.63) is 27.1 Å². The fourth-order valence-electron chi connectivity index (χ4n) is 1.39. The Balaban J connectivity index is 2.24. The number of pyridine rings is 1. The number of rotatable bonds is 4. The van der Waals surface area contributed by atoms with Crippen molar-refractivity contribution >= 4 is 31.9 Å². The van der Waals surface area contributed by atoms with Crippen molar-refractivity contribution in [1.82, 2.24) is 15.1 Å². The van der Waals surface area contributed by atoms with Gasteiger partial charge in [0.1, 0.15) is 5.69 Å². The average Bonchev–Trinajstić information content (AvgIpc) is 2.77. The maximum atomic E-state index is 5.56. The molecule has 2 heterocycles. The molecule has 2 aromatic rings. The molecule has 7 heteroatoms. The van der Waals surface area contributed by atoms with E-state index in [-0.39, 0.29) is 0 Å². The summed E-state index contributed by atoms with van der Waals surface area (Å²) in [6, 6.07) is 1.89. The molecule has 0 saturated heterocycles. The van der Waals surface area contributed by atoms with E-state index in [1.165, 1.54) is 0 Å². The van der Waals surface area contributed by atoms with Crippen LogP contribution < -0.4 is 5.73 Å². The van der Waals surface area contributed by atoms with E-state index in [1.54, 1.807) is 6.20 Å². The Kier molecular flexibility index (Phi) is 4.47. The third kappa shape index (κ3) is 3.15. The number of hydrogen-bond acceptors (Lipinski definition) is 5. The van der Waals surface area contributed by atoms with Crippen LogP contribution >= 0.6 is 31.9 Å². The molecule has 0 radical (unpaired) electrons. The minimum atomic E-state index is 0.319. The second-order valence-corrected chi connectivity index (χ2v) is 5.81. The Morgan fingerprint density at radius 3 is 2.89 bits per heavy atom. The number of halogens is 2. The molecule has 1 unspecified atom stereocenters. The molecule has 2 rings (SSSR count).